The number of hydrogen-bond donors (Lipinski definition) is 0. The van der Waals surface area contributed by atoms with Crippen LogP contribution < -0.4 is 0 Å². The SMILES string of the molecule is c1ccc(-c2ccccc2-c2ccccc2-c2cccc(-c3ccccc3)c2-c2ccccc2)cc1. The minimum absolute atomic E-state index is 1.22. The van der Waals surface area contributed by atoms with E-state index in [2.05, 4.69) is 158 Å². The van der Waals surface area contributed by atoms with Crippen LogP contribution in [0, 0.1) is 0 Å². The molecule has 0 heteroatoms. The Kier molecular flexibility index (Phi) is 6.00. The van der Waals surface area contributed by atoms with Gasteiger partial charge >= 0.3 is 0 Å². The summed E-state index contributed by atoms with van der Waals surface area (Å²) in [6.07, 6.45) is 0. The molecule has 0 bridgehead atoms. The average Bonchev–Trinajstić information content (AvgIpc) is 2.98. The van der Waals surface area contributed by atoms with Crippen molar-refractivity contribution >= 4 is 0 Å². The van der Waals surface area contributed by atoms with E-state index in [-0.39, 0.29) is 0 Å². The molecule has 170 valence electrons. The van der Waals surface area contributed by atoms with E-state index < -0.39 is 0 Å². The van der Waals surface area contributed by atoms with E-state index in [4.69, 9.17) is 0 Å². The summed E-state index contributed by atoms with van der Waals surface area (Å²) in [6.45, 7) is 0. The molecule has 0 atom stereocenters. The maximum absolute atomic E-state index is 2.26. The molecule has 0 saturated carbocycles. The Morgan fingerprint density at radius 3 is 1.08 bits per heavy atom. The first kappa shape index (κ1) is 21.8. The molecular formula is C36H26. The monoisotopic (exact) mass is 458 g/mol. The van der Waals surface area contributed by atoms with Crippen molar-refractivity contribution < 1.29 is 0 Å². The highest BCUT2D eigenvalue weighted by Crippen LogP contribution is 2.44. The first-order valence-electron chi connectivity index (χ1n) is 12.4. The summed E-state index contributed by atoms with van der Waals surface area (Å²) in [4.78, 5) is 0. The van der Waals surface area contributed by atoms with Crippen LogP contribution in [-0.2, 0) is 0 Å². The molecule has 0 radical (unpaired) electrons. The summed E-state index contributed by atoms with van der Waals surface area (Å²) in [5.41, 5.74) is 12.4. The minimum atomic E-state index is 1.22. The van der Waals surface area contributed by atoms with Gasteiger partial charge < -0.3 is 0 Å². The van der Waals surface area contributed by atoms with Crippen molar-refractivity contribution in [3.63, 3.8) is 0 Å². The second-order valence-electron chi connectivity index (χ2n) is 8.92. The Bertz CT molecular complexity index is 1600. The highest BCUT2D eigenvalue weighted by atomic mass is 14.2. The van der Waals surface area contributed by atoms with Crippen LogP contribution >= 0.6 is 0 Å². The maximum atomic E-state index is 2.26. The van der Waals surface area contributed by atoms with E-state index in [0.29, 0.717) is 0 Å². The van der Waals surface area contributed by atoms with Gasteiger partial charge in [0.15, 0.2) is 0 Å². The first-order chi connectivity index (χ1) is 17.9. The normalized spacial score (nSPS) is 10.8. The van der Waals surface area contributed by atoms with Crippen molar-refractivity contribution in [2.75, 3.05) is 0 Å². The van der Waals surface area contributed by atoms with Gasteiger partial charge in [0, 0.05) is 0 Å². The molecule has 0 N–H and O–H groups in total. The standard InChI is InChI=1S/C36H26/c1-4-15-27(16-5-1)30-21-10-11-22-32(30)33-23-12-13-24-34(33)35-26-14-25-31(28-17-6-2-7-18-28)36(35)29-19-8-3-9-20-29/h1-26H. The number of benzene rings is 6. The second-order valence-corrected chi connectivity index (χ2v) is 8.92. The molecular weight excluding hydrogens is 432 g/mol. The molecule has 0 nitrogen and oxygen atoms in total. The minimum Gasteiger partial charge on any atom is -0.0622 e. The summed E-state index contributed by atoms with van der Waals surface area (Å²) >= 11 is 0. The summed E-state index contributed by atoms with van der Waals surface area (Å²) in [6, 6.07) is 56.3. The van der Waals surface area contributed by atoms with Gasteiger partial charge in [-0.3, -0.25) is 0 Å². The average molecular weight is 459 g/mol. The zero-order valence-corrected chi connectivity index (χ0v) is 20.0. The van der Waals surface area contributed by atoms with Crippen LogP contribution in [0.4, 0.5) is 0 Å². The van der Waals surface area contributed by atoms with Gasteiger partial charge in [0.2, 0.25) is 0 Å². The fourth-order valence-corrected chi connectivity index (χ4v) is 5.09. The van der Waals surface area contributed by atoms with E-state index in [1.165, 1.54) is 55.6 Å². The molecule has 0 amide bonds. The van der Waals surface area contributed by atoms with Crippen molar-refractivity contribution in [2.24, 2.45) is 0 Å². The van der Waals surface area contributed by atoms with Crippen molar-refractivity contribution in [2.45, 2.75) is 0 Å². The Morgan fingerprint density at radius 1 is 0.194 bits per heavy atom. The van der Waals surface area contributed by atoms with Gasteiger partial charge in [-0.05, 0) is 55.6 Å². The Morgan fingerprint density at radius 2 is 0.528 bits per heavy atom. The third kappa shape index (κ3) is 4.15. The lowest BCUT2D eigenvalue weighted by atomic mass is 9.84. The number of rotatable bonds is 5. The molecule has 0 fully saturated rings. The van der Waals surface area contributed by atoms with Crippen molar-refractivity contribution in [1.29, 1.82) is 0 Å². The largest absolute Gasteiger partial charge is 0.0622 e. The fraction of sp³-hybridized carbons (Fsp3) is 0. The van der Waals surface area contributed by atoms with E-state index in [9.17, 15) is 0 Å². The van der Waals surface area contributed by atoms with Crippen LogP contribution in [0.5, 0.6) is 0 Å². The van der Waals surface area contributed by atoms with Crippen LogP contribution in [0.15, 0.2) is 158 Å². The summed E-state index contributed by atoms with van der Waals surface area (Å²) in [7, 11) is 0. The molecule has 0 spiro atoms. The smallest absolute Gasteiger partial charge is 0.00266 e. The predicted octanol–water partition coefficient (Wildman–Crippen LogP) is 10.0. The van der Waals surface area contributed by atoms with Crippen molar-refractivity contribution in [3.8, 4) is 55.6 Å². The van der Waals surface area contributed by atoms with Crippen LogP contribution in [0.3, 0.4) is 0 Å². The Balaban J connectivity index is 1.63. The summed E-state index contributed by atoms with van der Waals surface area (Å²) in [5, 5.41) is 0. The molecule has 6 rings (SSSR count). The highest BCUT2D eigenvalue weighted by Gasteiger charge is 2.18. The topological polar surface area (TPSA) is 0 Å². The Labute approximate surface area is 213 Å². The highest BCUT2D eigenvalue weighted by molar-refractivity contribution is 6.00. The van der Waals surface area contributed by atoms with E-state index in [1.807, 2.05) is 0 Å². The predicted molar refractivity (Wildman–Crippen MR) is 154 cm³/mol. The molecule has 0 aliphatic carbocycles. The molecule has 0 aromatic heterocycles. The fourth-order valence-electron chi connectivity index (χ4n) is 5.09. The number of hydrogen-bond acceptors (Lipinski definition) is 0. The molecule has 6 aromatic carbocycles. The van der Waals surface area contributed by atoms with Crippen LogP contribution in [-0.4, -0.2) is 0 Å². The first-order valence-corrected chi connectivity index (χ1v) is 12.4. The van der Waals surface area contributed by atoms with Gasteiger partial charge in [-0.25, -0.2) is 0 Å². The van der Waals surface area contributed by atoms with Gasteiger partial charge in [-0.15, -0.1) is 0 Å². The van der Waals surface area contributed by atoms with Gasteiger partial charge in [0.25, 0.3) is 0 Å². The quantitative estimate of drug-likeness (QED) is 0.241. The van der Waals surface area contributed by atoms with Crippen LogP contribution in [0.2, 0.25) is 0 Å². The third-order valence-electron chi connectivity index (χ3n) is 6.73. The van der Waals surface area contributed by atoms with Gasteiger partial charge in [0.05, 0.1) is 0 Å². The molecule has 6 aromatic rings. The molecule has 0 aliphatic rings. The second kappa shape index (κ2) is 9.90. The molecule has 36 heavy (non-hydrogen) atoms. The van der Waals surface area contributed by atoms with Gasteiger partial charge in [0.1, 0.15) is 0 Å². The van der Waals surface area contributed by atoms with Gasteiger partial charge in [-0.2, -0.15) is 0 Å². The molecule has 0 unspecified atom stereocenters. The zero-order valence-electron chi connectivity index (χ0n) is 20.0. The van der Waals surface area contributed by atoms with E-state index in [0.717, 1.165) is 0 Å². The summed E-state index contributed by atoms with van der Waals surface area (Å²) in [5.74, 6) is 0. The molecule has 0 saturated heterocycles. The van der Waals surface area contributed by atoms with Crippen molar-refractivity contribution in [3.05, 3.63) is 158 Å². The van der Waals surface area contributed by atoms with E-state index in [1.54, 1.807) is 0 Å². The zero-order chi connectivity index (χ0) is 24.2. The summed E-state index contributed by atoms with van der Waals surface area (Å²) < 4.78 is 0. The molecule has 0 heterocycles. The lowest BCUT2D eigenvalue weighted by molar-refractivity contribution is 1.54. The van der Waals surface area contributed by atoms with Gasteiger partial charge in [-0.1, -0.05) is 158 Å². The van der Waals surface area contributed by atoms with Crippen LogP contribution in [0.25, 0.3) is 55.6 Å². The lowest BCUT2D eigenvalue weighted by Gasteiger charge is -2.20. The lowest BCUT2D eigenvalue weighted by Crippen LogP contribution is -1.93. The maximum Gasteiger partial charge on any atom is -0.00266 e. The molecule has 0 aliphatic heterocycles. The Hall–Kier alpha value is -4.68. The van der Waals surface area contributed by atoms with E-state index >= 15 is 0 Å². The third-order valence-corrected chi connectivity index (χ3v) is 6.73. The van der Waals surface area contributed by atoms with Crippen LogP contribution in [0.1, 0.15) is 0 Å². The van der Waals surface area contributed by atoms with Crippen molar-refractivity contribution in [1.82, 2.24) is 0 Å².